The van der Waals surface area contributed by atoms with Crippen molar-refractivity contribution in [2.24, 2.45) is 0 Å². The monoisotopic (exact) mass is 277 g/mol. The van der Waals surface area contributed by atoms with Crippen molar-refractivity contribution in [2.75, 3.05) is 19.6 Å². The van der Waals surface area contributed by atoms with Gasteiger partial charge in [0.2, 0.25) is 5.91 Å². The minimum absolute atomic E-state index is 0.0877. The number of amides is 1. The topological polar surface area (TPSA) is 73.0 Å². The van der Waals surface area contributed by atoms with E-state index in [1.54, 1.807) is 6.33 Å². The fourth-order valence-corrected chi connectivity index (χ4v) is 3.04. The molecule has 1 fully saturated rings. The molecule has 3 heterocycles. The van der Waals surface area contributed by atoms with Gasteiger partial charge in [-0.15, -0.1) is 0 Å². The Hall–Kier alpha value is -1.40. The highest BCUT2D eigenvalue weighted by molar-refractivity contribution is 5.82. The van der Waals surface area contributed by atoms with Gasteiger partial charge < -0.3 is 10.3 Å². The summed E-state index contributed by atoms with van der Waals surface area (Å²) in [6, 6.07) is 0.266. The first kappa shape index (κ1) is 13.6. The van der Waals surface area contributed by atoms with Crippen LogP contribution in [0, 0.1) is 0 Å². The van der Waals surface area contributed by atoms with Crippen LogP contribution >= 0.6 is 0 Å². The number of likely N-dealkylation sites (tertiary alicyclic amines) is 1. The maximum absolute atomic E-state index is 12.2. The summed E-state index contributed by atoms with van der Waals surface area (Å²) >= 11 is 0. The van der Waals surface area contributed by atoms with E-state index >= 15 is 0 Å². The summed E-state index contributed by atoms with van der Waals surface area (Å²) in [5, 5.41) is 6.33. The van der Waals surface area contributed by atoms with Crippen LogP contribution in [0.3, 0.4) is 0 Å². The molecule has 0 aliphatic carbocycles. The number of rotatable bonds is 4. The SMILES string of the molecule is CC(CNC(=O)C1Cc2nc[nH]c2CN1)N1CCCC1. The van der Waals surface area contributed by atoms with Crippen LogP contribution in [0.25, 0.3) is 0 Å². The maximum Gasteiger partial charge on any atom is 0.237 e. The van der Waals surface area contributed by atoms with Crippen molar-refractivity contribution >= 4 is 5.91 Å². The van der Waals surface area contributed by atoms with Crippen molar-refractivity contribution in [2.45, 2.75) is 44.8 Å². The normalized spacial score (nSPS) is 24.4. The van der Waals surface area contributed by atoms with E-state index < -0.39 is 0 Å². The number of H-pyrrole nitrogens is 1. The molecule has 0 saturated carbocycles. The third kappa shape index (κ3) is 2.86. The predicted molar refractivity (Wildman–Crippen MR) is 76.2 cm³/mol. The summed E-state index contributed by atoms with van der Waals surface area (Å²) < 4.78 is 0. The van der Waals surface area contributed by atoms with E-state index in [2.05, 4.69) is 32.4 Å². The Morgan fingerprint density at radius 3 is 3.15 bits per heavy atom. The number of hydrogen-bond acceptors (Lipinski definition) is 4. The number of hydrogen-bond donors (Lipinski definition) is 3. The van der Waals surface area contributed by atoms with Crippen LogP contribution < -0.4 is 10.6 Å². The minimum Gasteiger partial charge on any atom is -0.353 e. The van der Waals surface area contributed by atoms with Crippen LogP contribution in [0.4, 0.5) is 0 Å². The van der Waals surface area contributed by atoms with Crippen molar-refractivity contribution in [3.8, 4) is 0 Å². The molecule has 6 nitrogen and oxygen atoms in total. The summed E-state index contributed by atoms with van der Waals surface area (Å²) in [4.78, 5) is 22.0. The van der Waals surface area contributed by atoms with Crippen LogP contribution in [0.1, 0.15) is 31.2 Å². The smallest absolute Gasteiger partial charge is 0.237 e. The van der Waals surface area contributed by atoms with Crippen LogP contribution in [-0.2, 0) is 17.8 Å². The van der Waals surface area contributed by atoms with Crippen molar-refractivity contribution in [1.29, 1.82) is 0 Å². The number of aromatic amines is 1. The predicted octanol–water partition coefficient (Wildman–Crippen LogP) is 0.0245. The van der Waals surface area contributed by atoms with Crippen LogP contribution in [0.2, 0.25) is 0 Å². The van der Waals surface area contributed by atoms with Crippen LogP contribution in [0.5, 0.6) is 0 Å². The fourth-order valence-electron chi connectivity index (χ4n) is 3.04. The summed E-state index contributed by atoms with van der Waals surface area (Å²) in [6.45, 7) is 5.93. The van der Waals surface area contributed by atoms with Crippen molar-refractivity contribution in [1.82, 2.24) is 25.5 Å². The molecule has 2 aliphatic heterocycles. The summed E-state index contributed by atoms with van der Waals surface area (Å²) in [6.07, 6.45) is 4.93. The van der Waals surface area contributed by atoms with Crippen LogP contribution in [-0.4, -0.2) is 52.5 Å². The summed E-state index contributed by atoms with van der Waals surface area (Å²) in [5.74, 6) is 0.0877. The molecule has 20 heavy (non-hydrogen) atoms. The lowest BCUT2D eigenvalue weighted by molar-refractivity contribution is -0.123. The highest BCUT2D eigenvalue weighted by atomic mass is 16.2. The lowest BCUT2D eigenvalue weighted by atomic mass is 10.0. The second-order valence-corrected chi connectivity index (χ2v) is 5.80. The molecule has 1 amide bonds. The Bertz CT molecular complexity index is 466. The molecule has 3 rings (SSSR count). The third-order valence-corrected chi connectivity index (χ3v) is 4.38. The molecule has 110 valence electrons. The number of carbonyl (C=O) groups is 1. The molecule has 2 atom stereocenters. The van der Waals surface area contributed by atoms with Gasteiger partial charge in [0.25, 0.3) is 0 Å². The van der Waals surface area contributed by atoms with Crippen LogP contribution in [0.15, 0.2) is 6.33 Å². The minimum atomic E-state index is -0.156. The Morgan fingerprint density at radius 1 is 1.55 bits per heavy atom. The fraction of sp³-hybridized carbons (Fsp3) is 0.714. The van der Waals surface area contributed by atoms with Gasteiger partial charge in [-0.2, -0.15) is 0 Å². The van der Waals surface area contributed by atoms with E-state index in [4.69, 9.17) is 0 Å². The maximum atomic E-state index is 12.2. The zero-order valence-corrected chi connectivity index (χ0v) is 12.0. The number of carbonyl (C=O) groups excluding carboxylic acids is 1. The van der Waals surface area contributed by atoms with Crippen molar-refractivity contribution in [3.63, 3.8) is 0 Å². The van der Waals surface area contributed by atoms with Crippen molar-refractivity contribution in [3.05, 3.63) is 17.7 Å². The molecule has 6 heteroatoms. The zero-order chi connectivity index (χ0) is 13.9. The molecule has 1 aromatic heterocycles. The Kier molecular flexibility index (Phi) is 4.03. The van der Waals surface area contributed by atoms with E-state index in [9.17, 15) is 4.79 Å². The molecular formula is C14H23N5O. The lowest BCUT2D eigenvalue weighted by Crippen LogP contribution is -2.50. The number of nitrogens with one attached hydrogen (secondary N) is 3. The van der Waals surface area contributed by atoms with Crippen molar-refractivity contribution < 1.29 is 4.79 Å². The van der Waals surface area contributed by atoms with E-state index in [0.717, 1.165) is 31.0 Å². The first-order valence-electron chi connectivity index (χ1n) is 7.50. The quantitative estimate of drug-likeness (QED) is 0.726. The molecule has 0 aromatic carbocycles. The molecule has 0 radical (unpaired) electrons. The highest BCUT2D eigenvalue weighted by Gasteiger charge is 2.26. The van der Waals surface area contributed by atoms with E-state index in [0.29, 0.717) is 19.0 Å². The molecular weight excluding hydrogens is 254 g/mol. The highest BCUT2D eigenvalue weighted by Crippen LogP contribution is 2.13. The number of nitrogens with zero attached hydrogens (tertiary/aromatic N) is 2. The lowest BCUT2D eigenvalue weighted by Gasteiger charge is -2.26. The Morgan fingerprint density at radius 2 is 2.35 bits per heavy atom. The molecule has 0 bridgehead atoms. The van der Waals surface area contributed by atoms with Gasteiger partial charge in [0.15, 0.2) is 0 Å². The number of fused-ring (bicyclic) bond motifs is 1. The van der Waals surface area contributed by atoms with Gasteiger partial charge in [0.05, 0.1) is 23.8 Å². The first-order chi connectivity index (χ1) is 9.74. The average molecular weight is 277 g/mol. The second kappa shape index (κ2) is 5.93. The summed E-state index contributed by atoms with van der Waals surface area (Å²) in [5.41, 5.74) is 2.11. The Labute approximate surface area is 119 Å². The second-order valence-electron chi connectivity index (χ2n) is 5.80. The van der Waals surface area contributed by atoms with E-state index in [1.807, 2.05) is 0 Å². The molecule has 0 spiro atoms. The van der Waals surface area contributed by atoms with E-state index in [1.165, 1.54) is 12.8 Å². The van der Waals surface area contributed by atoms with Gasteiger partial charge in [0, 0.05) is 25.6 Å². The van der Waals surface area contributed by atoms with Gasteiger partial charge in [-0.05, 0) is 32.9 Å². The summed E-state index contributed by atoms with van der Waals surface area (Å²) in [7, 11) is 0. The van der Waals surface area contributed by atoms with Gasteiger partial charge >= 0.3 is 0 Å². The average Bonchev–Trinajstić information content (AvgIpc) is 3.13. The number of imidazole rings is 1. The van der Waals surface area contributed by atoms with Gasteiger partial charge in [-0.1, -0.05) is 0 Å². The van der Waals surface area contributed by atoms with Gasteiger partial charge in [-0.25, -0.2) is 4.98 Å². The standard InChI is InChI=1S/C14H23N5O/c1-10(19-4-2-3-5-19)7-16-14(20)12-6-11-13(8-15-12)18-9-17-11/h9-10,12,15H,2-8H2,1H3,(H,16,20)(H,17,18). The molecule has 2 unspecified atom stereocenters. The molecule has 2 aliphatic rings. The van der Waals surface area contributed by atoms with Gasteiger partial charge in [0.1, 0.15) is 0 Å². The molecule has 3 N–H and O–H groups in total. The largest absolute Gasteiger partial charge is 0.353 e. The van der Waals surface area contributed by atoms with Gasteiger partial charge in [-0.3, -0.25) is 15.0 Å². The zero-order valence-electron chi connectivity index (χ0n) is 12.0. The Balaban J connectivity index is 1.47. The molecule has 1 saturated heterocycles. The van der Waals surface area contributed by atoms with E-state index in [-0.39, 0.29) is 11.9 Å². The third-order valence-electron chi connectivity index (χ3n) is 4.38. The molecule has 1 aromatic rings. The number of aromatic nitrogens is 2. The first-order valence-corrected chi connectivity index (χ1v) is 7.50.